The molecule has 4 nitrogen and oxygen atoms in total. The van der Waals surface area contributed by atoms with Crippen molar-refractivity contribution in [3.8, 4) is 5.75 Å². The lowest BCUT2D eigenvalue weighted by Crippen LogP contribution is -2.26. The van der Waals surface area contributed by atoms with Crippen LogP contribution in [0.5, 0.6) is 5.75 Å². The maximum Gasteiger partial charge on any atom is 0.222 e. The number of hydrogen-bond donors (Lipinski definition) is 2. The molecule has 1 aliphatic heterocycles. The van der Waals surface area contributed by atoms with Crippen LogP contribution in [0.3, 0.4) is 0 Å². The fourth-order valence-electron chi connectivity index (χ4n) is 2.06. The van der Waals surface area contributed by atoms with Gasteiger partial charge in [-0.25, -0.2) is 0 Å². The van der Waals surface area contributed by atoms with E-state index >= 15 is 0 Å². The Balaban J connectivity index is 2.09. The molecule has 2 rings (SSSR count). The van der Waals surface area contributed by atoms with Crippen LogP contribution < -0.4 is 15.4 Å². The van der Waals surface area contributed by atoms with E-state index in [-0.39, 0.29) is 11.9 Å². The Morgan fingerprint density at radius 2 is 2.33 bits per heavy atom. The second kappa shape index (κ2) is 5.96. The van der Waals surface area contributed by atoms with Crippen molar-refractivity contribution in [2.24, 2.45) is 0 Å². The average molecular weight is 269 g/mol. The summed E-state index contributed by atoms with van der Waals surface area (Å²) < 4.78 is 5.17. The highest BCUT2D eigenvalue weighted by Crippen LogP contribution is 2.28. The van der Waals surface area contributed by atoms with Crippen LogP contribution in [0.25, 0.3) is 0 Å². The summed E-state index contributed by atoms with van der Waals surface area (Å²) in [5, 5.41) is 6.82. The highest BCUT2D eigenvalue weighted by molar-refractivity contribution is 6.33. The second-order valence-electron chi connectivity index (χ2n) is 4.38. The van der Waals surface area contributed by atoms with E-state index < -0.39 is 0 Å². The van der Waals surface area contributed by atoms with Gasteiger partial charge >= 0.3 is 0 Å². The Bertz CT molecular complexity index is 437. The van der Waals surface area contributed by atoms with E-state index in [4.69, 9.17) is 16.3 Å². The van der Waals surface area contributed by atoms with Gasteiger partial charge in [-0.15, -0.1) is 0 Å². The van der Waals surface area contributed by atoms with Gasteiger partial charge in [0.25, 0.3) is 0 Å². The molecule has 0 spiro atoms. The standard InChI is InChI=1S/C13H17ClN2O2/c1-18-10-4-5-11(14)12(8-10)16-9-3-2-6-15-13(17)7-9/h4-5,8-9,16H,2-3,6-7H2,1H3,(H,15,17). The molecule has 0 bridgehead atoms. The van der Waals surface area contributed by atoms with E-state index in [1.54, 1.807) is 13.2 Å². The van der Waals surface area contributed by atoms with Crippen molar-refractivity contribution in [1.82, 2.24) is 5.32 Å². The fraction of sp³-hybridized carbons (Fsp3) is 0.462. The topological polar surface area (TPSA) is 50.4 Å². The molecule has 1 saturated heterocycles. The van der Waals surface area contributed by atoms with Crippen molar-refractivity contribution in [3.05, 3.63) is 23.2 Å². The largest absolute Gasteiger partial charge is 0.497 e. The number of ether oxygens (including phenoxy) is 1. The summed E-state index contributed by atoms with van der Waals surface area (Å²) in [5.74, 6) is 0.837. The first kappa shape index (κ1) is 13.0. The molecule has 0 aliphatic carbocycles. The molecule has 2 N–H and O–H groups in total. The second-order valence-corrected chi connectivity index (χ2v) is 4.79. The molecule has 1 aromatic carbocycles. The Morgan fingerprint density at radius 1 is 1.50 bits per heavy atom. The molecular formula is C13H17ClN2O2. The van der Waals surface area contributed by atoms with Gasteiger partial charge in [0.05, 0.1) is 17.8 Å². The van der Waals surface area contributed by atoms with Crippen LogP contribution in [0.15, 0.2) is 18.2 Å². The van der Waals surface area contributed by atoms with Gasteiger partial charge < -0.3 is 15.4 Å². The molecule has 1 aliphatic rings. The Labute approximate surface area is 112 Å². The molecule has 0 radical (unpaired) electrons. The smallest absolute Gasteiger partial charge is 0.222 e. The zero-order valence-corrected chi connectivity index (χ0v) is 11.1. The fourth-order valence-corrected chi connectivity index (χ4v) is 2.23. The molecular weight excluding hydrogens is 252 g/mol. The zero-order valence-electron chi connectivity index (χ0n) is 10.3. The first-order chi connectivity index (χ1) is 8.69. The summed E-state index contributed by atoms with van der Waals surface area (Å²) in [6.45, 7) is 0.753. The van der Waals surface area contributed by atoms with Crippen molar-refractivity contribution >= 4 is 23.2 Å². The first-order valence-electron chi connectivity index (χ1n) is 6.06. The maximum atomic E-state index is 11.5. The van der Waals surface area contributed by atoms with Crippen LogP contribution in [0, 0.1) is 0 Å². The summed E-state index contributed by atoms with van der Waals surface area (Å²) in [6, 6.07) is 5.58. The molecule has 1 atom stereocenters. The summed E-state index contributed by atoms with van der Waals surface area (Å²) in [4.78, 5) is 11.5. The zero-order chi connectivity index (χ0) is 13.0. The van der Waals surface area contributed by atoms with E-state index in [1.165, 1.54) is 0 Å². The molecule has 5 heteroatoms. The van der Waals surface area contributed by atoms with Crippen LogP contribution in [-0.4, -0.2) is 25.6 Å². The number of methoxy groups -OCH3 is 1. The number of halogens is 1. The van der Waals surface area contributed by atoms with Gasteiger partial charge in [0, 0.05) is 25.1 Å². The number of carbonyl (C=O) groups excluding carboxylic acids is 1. The van der Waals surface area contributed by atoms with Gasteiger partial charge in [-0.1, -0.05) is 11.6 Å². The van der Waals surface area contributed by atoms with Gasteiger partial charge in [-0.2, -0.15) is 0 Å². The number of amides is 1. The third kappa shape index (κ3) is 3.29. The molecule has 98 valence electrons. The summed E-state index contributed by atoms with van der Waals surface area (Å²) >= 11 is 6.13. The van der Waals surface area contributed by atoms with Gasteiger partial charge in [0.1, 0.15) is 5.75 Å². The lowest BCUT2D eigenvalue weighted by atomic mass is 10.1. The minimum atomic E-state index is 0.0871. The van der Waals surface area contributed by atoms with Crippen molar-refractivity contribution in [3.63, 3.8) is 0 Å². The number of carbonyl (C=O) groups is 1. The molecule has 1 aromatic rings. The molecule has 1 amide bonds. The first-order valence-corrected chi connectivity index (χ1v) is 6.43. The van der Waals surface area contributed by atoms with Crippen LogP contribution in [0.4, 0.5) is 5.69 Å². The van der Waals surface area contributed by atoms with Crippen molar-refractivity contribution < 1.29 is 9.53 Å². The average Bonchev–Trinajstić information content (AvgIpc) is 2.56. The van der Waals surface area contributed by atoms with Crippen molar-refractivity contribution in [2.75, 3.05) is 19.0 Å². The monoisotopic (exact) mass is 268 g/mol. The number of benzene rings is 1. The molecule has 18 heavy (non-hydrogen) atoms. The maximum absolute atomic E-state index is 11.5. The molecule has 1 fully saturated rings. The van der Waals surface area contributed by atoms with E-state index in [2.05, 4.69) is 10.6 Å². The highest BCUT2D eigenvalue weighted by atomic mass is 35.5. The van der Waals surface area contributed by atoms with Crippen LogP contribution >= 0.6 is 11.6 Å². The predicted octanol–water partition coefficient (Wildman–Crippen LogP) is 2.43. The van der Waals surface area contributed by atoms with E-state index in [1.807, 2.05) is 12.1 Å². The summed E-state index contributed by atoms with van der Waals surface area (Å²) in [5.41, 5.74) is 0.815. The van der Waals surface area contributed by atoms with Crippen LogP contribution in [-0.2, 0) is 4.79 Å². The number of hydrogen-bond acceptors (Lipinski definition) is 3. The van der Waals surface area contributed by atoms with Crippen molar-refractivity contribution in [1.29, 1.82) is 0 Å². The molecule has 1 unspecified atom stereocenters. The third-order valence-corrected chi connectivity index (χ3v) is 3.35. The molecule has 0 saturated carbocycles. The minimum absolute atomic E-state index is 0.0871. The van der Waals surface area contributed by atoms with Crippen LogP contribution in [0.2, 0.25) is 5.02 Å². The SMILES string of the molecule is COc1ccc(Cl)c(NC2CCCNC(=O)C2)c1. The minimum Gasteiger partial charge on any atom is -0.497 e. The van der Waals surface area contributed by atoms with Gasteiger partial charge in [0.15, 0.2) is 0 Å². The lowest BCUT2D eigenvalue weighted by Gasteiger charge is -2.18. The van der Waals surface area contributed by atoms with Gasteiger partial charge in [0.2, 0.25) is 5.91 Å². The van der Waals surface area contributed by atoms with E-state index in [9.17, 15) is 4.79 Å². The van der Waals surface area contributed by atoms with Gasteiger partial charge in [-0.3, -0.25) is 4.79 Å². The lowest BCUT2D eigenvalue weighted by molar-refractivity contribution is -0.120. The van der Waals surface area contributed by atoms with Crippen LogP contribution in [0.1, 0.15) is 19.3 Å². The van der Waals surface area contributed by atoms with Crippen molar-refractivity contribution in [2.45, 2.75) is 25.3 Å². The molecule has 1 heterocycles. The summed E-state index contributed by atoms with van der Waals surface area (Å²) in [6.07, 6.45) is 2.41. The highest BCUT2D eigenvalue weighted by Gasteiger charge is 2.18. The van der Waals surface area contributed by atoms with E-state index in [0.717, 1.165) is 30.8 Å². The van der Waals surface area contributed by atoms with Gasteiger partial charge in [-0.05, 0) is 25.0 Å². The normalized spacial score (nSPS) is 19.9. The number of nitrogens with one attached hydrogen (secondary N) is 2. The third-order valence-electron chi connectivity index (χ3n) is 3.02. The number of anilines is 1. The molecule has 0 aromatic heterocycles. The van der Waals surface area contributed by atoms with E-state index in [0.29, 0.717) is 11.4 Å². The Hall–Kier alpha value is -1.42. The number of rotatable bonds is 3. The Kier molecular flexibility index (Phi) is 4.31. The quantitative estimate of drug-likeness (QED) is 0.885. The Morgan fingerprint density at radius 3 is 3.11 bits per heavy atom. The predicted molar refractivity (Wildman–Crippen MR) is 72.3 cm³/mol. The summed E-state index contributed by atoms with van der Waals surface area (Å²) in [7, 11) is 1.62.